The van der Waals surface area contributed by atoms with Gasteiger partial charge in [0.2, 0.25) is 5.91 Å². The summed E-state index contributed by atoms with van der Waals surface area (Å²) in [7, 11) is 0. The quantitative estimate of drug-likeness (QED) is 0.914. The Morgan fingerprint density at radius 3 is 3.19 bits per heavy atom. The van der Waals surface area contributed by atoms with Crippen LogP contribution in [0.5, 0.6) is 0 Å². The summed E-state index contributed by atoms with van der Waals surface area (Å²) in [5.41, 5.74) is 0.958. The summed E-state index contributed by atoms with van der Waals surface area (Å²) >= 11 is 0. The lowest BCUT2D eigenvalue weighted by atomic mass is 10.1. The fraction of sp³-hybridized carbons (Fsp3) is 0.467. The van der Waals surface area contributed by atoms with Crippen molar-refractivity contribution < 1.29 is 4.79 Å². The van der Waals surface area contributed by atoms with Crippen LogP contribution in [0.4, 0.5) is 0 Å². The first kappa shape index (κ1) is 13.7. The summed E-state index contributed by atoms with van der Waals surface area (Å²) in [6.45, 7) is 0.869. The molecule has 3 heterocycles. The maximum Gasteiger partial charge on any atom is 0.220 e. The number of hydrogen-bond acceptors (Lipinski definition) is 4. The SMILES string of the molecule is O=C(CCc1ccccn1)NC1CCc2nncn2CC1. The molecule has 6 heteroatoms. The molecule has 0 fully saturated rings. The normalized spacial score (nSPS) is 17.8. The highest BCUT2D eigenvalue weighted by molar-refractivity contribution is 5.76. The number of rotatable bonds is 4. The van der Waals surface area contributed by atoms with E-state index in [1.807, 2.05) is 18.2 Å². The van der Waals surface area contributed by atoms with E-state index in [-0.39, 0.29) is 11.9 Å². The van der Waals surface area contributed by atoms with Gasteiger partial charge in [-0.3, -0.25) is 9.78 Å². The Morgan fingerprint density at radius 1 is 1.38 bits per heavy atom. The summed E-state index contributed by atoms with van der Waals surface area (Å²) in [5, 5.41) is 11.1. The third-order valence-corrected chi connectivity index (χ3v) is 3.83. The predicted octanol–water partition coefficient (Wildman–Crippen LogP) is 1.13. The first-order valence-corrected chi connectivity index (χ1v) is 7.37. The molecule has 1 unspecified atom stereocenters. The molecule has 0 aromatic carbocycles. The fourth-order valence-electron chi connectivity index (χ4n) is 2.63. The van der Waals surface area contributed by atoms with Crippen LogP contribution in [-0.2, 0) is 24.2 Å². The Balaban J connectivity index is 1.46. The van der Waals surface area contributed by atoms with E-state index in [1.165, 1.54) is 0 Å². The van der Waals surface area contributed by atoms with Crippen LogP contribution in [0, 0.1) is 0 Å². The topological polar surface area (TPSA) is 72.7 Å². The molecule has 110 valence electrons. The van der Waals surface area contributed by atoms with Crippen LogP contribution in [0.1, 0.15) is 30.8 Å². The van der Waals surface area contributed by atoms with Gasteiger partial charge in [0.15, 0.2) is 0 Å². The Morgan fingerprint density at radius 2 is 2.33 bits per heavy atom. The third kappa shape index (κ3) is 3.65. The van der Waals surface area contributed by atoms with Crippen molar-refractivity contribution in [1.29, 1.82) is 0 Å². The summed E-state index contributed by atoms with van der Waals surface area (Å²) < 4.78 is 2.07. The van der Waals surface area contributed by atoms with Gasteiger partial charge in [0, 0.05) is 37.3 Å². The number of nitrogens with one attached hydrogen (secondary N) is 1. The van der Waals surface area contributed by atoms with Gasteiger partial charge < -0.3 is 9.88 Å². The van der Waals surface area contributed by atoms with E-state index in [9.17, 15) is 4.79 Å². The molecule has 1 N–H and O–H groups in total. The Hall–Kier alpha value is -2.24. The molecule has 0 saturated carbocycles. The summed E-state index contributed by atoms with van der Waals surface area (Å²) in [6, 6.07) is 6.00. The van der Waals surface area contributed by atoms with E-state index in [0.29, 0.717) is 12.8 Å². The van der Waals surface area contributed by atoms with Crippen LogP contribution >= 0.6 is 0 Å². The van der Waals surface area contributed by atoms with Gasteiger partial charge >= 0.3 is 0 Å². The molecule has 2 aromatic heterocycles. The predicted molar refractivity (Wildman–Crippen MR) is 77.4 cm³/mol. The van der Waals surface area contributed by atoms with E-state index < -0.39 is 0 Å². The molecule has 0 spiro atoms. The second-order valence-corrected chi connectivity index (χ2v) is 5.35. The number of hydrogen-bond donors (Lipinski definition) is 1. The maximum absolute atomic E-state index is 12.0. The number of aryl methyl sites for hydroxylation is 3. The highest BCUT2D eigenvalue weighted by Crippen LogP contribution is 2.13. The van der Waals surface area contributed by atoms with Crippen molar-refractivity contribution in [1.82, 2.24) is 25.1 Å². The number of aromatic nitrogens is 4. The highest BCUT2D eigenvalue weighted by atomic mass is 16.1. The largest absolute Gasteiger partial charge is 0.353 e. The second-order valence-electron chi connectivity index (χ2n) is 5.35. The van der Waals surface area contributed by atoms with Crippen LogP contribution in [0.2, 0.25) is 0 Å². The van der Waals surface area contributed by atoms with Gasteiger partial charge in [-0.2, -0.15) is 0 Å². The van der Waals surface area contributed by atoms with Crippen molar-refractivity contribution >= 4 is 5.91 Å². The van der Waals surface area contributed by atoms with Crippen LogP contribution in [0.3, 0.4) is 0 Å². The van der Waals surface area contributed by atoms with Crippen molar-refractivity contribution in [2.24, 2.45) is 0 Å². The Bertz CT molecular complexity index is 573. The van der Waals surface area contributed by atoms with Crippen molar-refractivity contribution in [2.75, 3.05) is 0 Å². The van der Waals surface area contributed by atoms with Crippen LogP contribution in [-0.4, -0.2) is 31.7 Å². The first-order chi connectivity index (χ1) is 10.3. The molecule has 1 amide bonds. The molecular weight excluding hydrogens is 266 g/mol. The number of carbonyl (C=O) groups is 1. The second kappa shape index (κ2) is 6.47. The molecular formula is C15H19N5O. The first-order valence-electron chi connectivity index (χ1n) is 7.37. The lowest BCUT2D eigenvalue weighted by Crippen LogP contribution is -2.35. The molecule has 21 heavy (non-hydrogen) atoms. The van der Waals surface area contributed by atoms with Crippen molar-refractivity contribution in [2.45, 2.75) is 44.7 Å². The van der Waals surface area contributed by atoms with Crippen LogP contribution in [0.15, 0.2) is 30.7 Å². The zero-order valence-electron chi connectivity index (χ0n) is 11.9. The van der Waals surface area contributed by atoms with Crippen molar-refractivity contribution in [3.63, 3.8) is 0 Å². The Labute approximate surface area is 123 Å². The zero-order chi connectivity index (χ0) is 14.5. The zero-order valence-corrected chi connectivity index (χ0v) is 11.9. The Kier molecular flexibility index (Phi) is 4.23. The maximum atomic E-state index is 12.0. The number of carbonyl (C=O) groups excluding carboxylic acids is 1. The molecule has 3 rings (SSSR count). The highest BCUT2D eigenvalue weighted by Gasteiger charge is 2.18. The van der Waals surface area contributed by atoms with E-state index in [0.717, 1.165) is 37.3 Å². The van der Waals surface area contributed by atoms with Crippen LogP contribution in [0.25, 0.3) is 0 Å². The molecule has 0 radical (unpaired) electrons. The average molecular weight is 285 g/mol. The molecule has 1 aliphatic heterocycles. The molecule has 0 aliphatic carbocycles. The van der Waals surface area contributed by atoms with E-state index in [1.54, 1.807) is 12.5 Å². The minimum Gasteiger partial charge on any atom is -0.353 e. The number of fused-ring (bicyclic) bond motifs is 1. The van der Waals surface area contributed by atoms with E-state index in [4.69, 9.17) is 0 Å². The number of amides is 1. The van der Waals surface area contributed by atoms with Gasteiger partial charge in [0.05, 0.1) is 0 Å². The molecule has 6 nitrogen and oxygen atoms in total. The minimum atomic E-state index is 0.100. The standard InChI is InChI=1S/C15H19N5O/c21-15(7-5-12-3-1-2-9-16-12)18-13-4-6-14-19-17-11-20(14)10-8-13/h1-3,9,11,13H,4-8,10H2,(H,18,21). The van der Waals surface area contributed by atoms with Crippen LogP contribution < -0.4 is 5.32 Å². The summed E-state index contributed by atoms with van der Waals surface area (Å²) in [5.74, 6) is 1.11. The lowest BCUT2D eigenvalue weighted by Gasteiger charge is -2.15. The van der Waals surface area contributed by atoms with Crippen molar-refractivity contribution in [3.05, 3.63) is 42.2 Å². The minimum absolute atomic E-state index is 0.100. The average Bonchev–Trinajstić information content (AvgIpc) is 2.88. The lowest BCUT2D eigenvalue weighted by molar-refractivity contribution is -0.121. The summed E-state index contributed by atoms with van der Waals surface area (Å²) in [6.07, 6.45) is 7.42. The third-order valence-electron chi connectivity index (χ3n) is 3.83. The van der Waals surface area contributed by atoms with Gasteiger partial charge in [-0.15, -0.1) is 10.2 Å². The van der Waals surface area contributed by atoms with Gasteiger partial charge in [-0.05, 0) is 31.4 Å². The van der Waals surface area contributed by atoms with Gasteiger partial charge in [0.25, 0.3) is 0 Å². The van der Waals surface area contributed by atoms with Gasteiger partial charge in [-0.1, -0.05) is 6.07 Å². The van der Waals surface area contributed by atoms with Crippen molar-refractivity contribution in [3.8, 4) is 0 Å². The van der Waals surface area contributed by atoms with E-state index >= 15 is 0 Å². The fourth-order valence-corrected chi connectivity index (χ4v) is 2.63. The molecule has 1 aliphatic rings. The smallest absolute Gasteiger partial charge is 0.220 e. The number of pyridine rings is 1. The molecule has 1 atom stereocenters. The van der Waals surface area contributed by atoms with Gasteiger partial charge in [0.1, 0.15) is 12.2 Å². The molecule has 0 bridgehead atoms. The number of nitrogens with zero attached hydrogens (tertiary/aromatic N) is 4. The monoisotopic (exact) mass is 285 g/mol. The van der Waals surface area contributed by atoms with E-state index in [2.05, 4.69) is 25.1 Å². The molecule has 2 aromatic rings. The summed E-state index contributed by atoms with van der Waals surface area (Å²) in [4.78, 5) is 16.3. The van der Waals surface area contributed by atoms with Gasteiger partial charge in [-0.25, -0.2) is 0 Å². The molecule has 0 saturated heterocycles.